The van der Waals surface area contributed by atoms with Crippen molar-refractivity contribution < 1.29 is 19.0 Å². The second kappa shape index (κ2) is 5.04. The van der Waals surface area contributed by atoms with Crippen LogP contribution in [0.1, 0.15) is 19.4 Å². The molecular weight excluding hydrogens is 291 g/mol. The third-order valence-electron chi connectivity index (χ3n) is 2.56. The molecule has 0 spiro atoms. The van der Waals surface area contributed by atoms with Gasteiger partial charge >= 0.3 is 5.97 Å². The minimum Gasteiger partial charge on any atom is -0.495 e. The van der Waals surface area contributed by atoms with Crippen molar-refractivity contribution in [2.24, 2.45) is 5.41 Å². The number of carboxylic acid groups (broad SMARTS) is 1. The Bertz CT molecular complexity index is 444. The Morgan fingerprint density at radius 1 is 1.53 bits per heavy atom. The maximum atomic E-state index is 13.7. The van der Waals surface area contributed by atoms with Crippen LogP contribution in [-0.2, 0) is 11.2 Å². The second-order valence-electron chi connectivity index (χ2n) is 4.41. The van der Waals surface area contributed by atoms with E-state index in [1.165, 1.54) is 19.2 Å². The molecule has 94 valence electrons. The molecule has 1 rings (SSSR count). The molecule has 1 N–H and O–H groups in total. The highest BCUT2D eigenvalue weighted by atomic mass is 79.9. The number of carboxylic acids is 1. The molecule has 1 aromatic carbocycles. The van der Waals surface area contributed by atoms with Crippen molar-refractivity contribution in [2.45, 2.75) is 20.3 Å². The smallest absolute Gasteiger partial charge is 0.309 e. The molecule has 0 fully saturated rings. The van der Waals surface area contributed by atoms with Crippen molar-refractivity contribution in [1.82, 2.24) is 0 Å². The average molecular weight is 305 g/mol. The molecule has 0 heterocycles. The SMILES string of the molecule is COc1c(Br)ccc(F)c1CC(C)(C)C(=O)O. The standard InChI is InChI=1S/C12H14BrFO3/c1-12(2,11(15)16)6-7-9(14)5-4-8(13)10(7)17-3/h4-5H,6H2,1-3H3,(H,15,16). The normalized spacial score (nSPS) is 11.4. The average Bonchev–Trinajstić information content (AvgIpc) is 2.23. The van der Waals surface area contributed by atoms with Crippen LogP contribution < -0.4 is 4.74 Å². The van der Waals surface area contributed by atoms with Gasteiger partial charge in [0, 0.05) is 5.56 Å². The van der Waals surface area contributed by atoms with Crippen LogP contribution in [0.3, 0.4) is 0 Å². The van der Waals surface area contributed by atoms with Crippen molar-refractivity contribution in [3.63, 3.8) is 0 Å². The van der Waals surface area contributed by atoms with E-state index in [1.807, 2.05) is 0 Å². The molecule has 0 aromatic heterocycles. The van der Waals surface area contributed by atoms with E-state index >= 15 is 0 Å². The van der Waals surface area contributed by atoms with Gasteiger partial charge < -0.3 is 9.84 Å². The van der Waals surface area contributed by atoms with Crippen LogP contribution in [0.4, 0.5) is 4.39 Å². The topological polar surface area (TPSA) is 46.5 Å². The number of ether oxygens (including phenoxy) is 1. The van der Waals surface area contributed by atoms with Gasteiger partial charge in [-0.15, -0.1) is 0 Å². The van der Waals surface area contributed by atoms with E-state index in [1.54, 1.807) is 13.8 Å². The third kappa shape index (κ3) is 2.97. The molecule has 0 amide bonds. The third-order valence-corrected chi connectivity index (χ3v) is 3.18. The zero-order valence-corrected chi connectivity index (χ0v) is 11.5. The van der Waals surface area contributed by atoms with Crippen molar-refractivity contribution >= 4 is 21.9 Å². The van der Waals surface area contributed by atoms with Gasteiger partial charge in [-0.25, -0.2) is 4.39 Å². The van der Waals surface area contributed by atoms with Gasteiger partial charge in [-0.2, -0.15) is 0 Å². The lowest BCUT2D eigenvalue weighted by Crippen LogP contribution is -2.27. The molecule has 5 heteroatoms. The lowest BCUT2D eigenvalue weighted by molar-refractivity contribution is -0.146. The van der Waals surface area contributed by atoms with Gasteiger partial charge in [0.2, 0.25) is 0 Å². The zero-order valence-electron chi connectivity index (χ0n) is 9.88. The van der Waals surface area contributed by atoms with Crippen molar-refractivity contribution in [2.75, 3.05) is 7.11 Å². The molecule has 0 unspecified atom stereocenters. The van der Waals surface area contributed by atoms with Gasteiger partial charge in [-0.05, 0) is 48.3 Å². The lowest BCUT2D eigenvalue weighted by atomic mass is 9.85. The summed E-state index contributed by atoms with van der Waals surface area (Å²) in [6, 6.07) is 2.82. The Labute approximate surface area is 108 Å². The van der Waals surface area contributed by atoms with Gasteiger partial charge in [0.05, 0.1) is 17.0 Å². The first-order chi connectivity index (χ1) is 7.79. The summed E-state index contributed by atoms with van der Waals surface area (Å²) in [7, 11) is 1.43. The van der Waals surface area contributed by atoms with E-state index in [0.717, 1.165) is 0 Å². The predicted molar refractivity (Wildman–Crippen MR) is 65.8 cm³/mol. The van der Waals surface area contributed by atoms with Crippen LogP contribution in [0.15, 0.2) is 16.6 Å². The van der Waals surface area contributed by atoms with Crippen molar-refractivity contribution in [1.29, 1.82) is 0 Å². The fourth-order valence-electron chi connectivity index (χ4n) is 1.48. The number of rotatable bonds is 4. The summed E-state index contributed by atoms with van der Waals surface area (Å²) in [5, 5.41) is 9.05. The Balaban J connectivity index is 3.22. The highest BCUT2D eigenvalue weighted by Crippen LogP contribution is 2.35. The minimum absolute atomic E-state index is 0.0662. The monoisotopic (exact) mass is 304 g/mol. The molecule has 0 atom stereocenters. The predicted octanol–water partition coefficient (Wildman–Crippen LogP) is 3.25. The molecular formula is C12H14BrFO3. The summed E-state index contributed by atoms with van der Waals surface area (Å²) in [6.45, 7) is 3.10. The Morgan fingerprint density at radius 2 is 2.12 bits per heavy atom. The number of benzene rings is 1. The van der Waals surface area contributed by atoms with Gasteiger partial charge in [0.15, 0.2) is 0 Å². The number of carbonyl (C=O) groups is 1. The lowest BCUT2D eigenvalue weighted by Gasteiger charge is -2.21. The van der Waals surface area contributed by atoms with Crippen LogP contribution in [0, 0.1) is 11.2 Å². The Hall–Kier alpha value is -1.10. The van der Waals surface area contributed by atoms with Gasteiger partial charge in [-0.1, -0.05) is 0 Å². The second-order valence-corrected chi connectivity index (χ2v) is 5.26. The largest absolute Gasteiger partial charge is 0.495 e. The molecule has 0 aliphatic carbocycles. The van der Waals surface area contributed by atoms with E-state index < -0.39 is 17.2 Å². The Morgan fingerprint density at radius 3 is 2.59 bits per heavy atom. The first-order valence-corrected chi connectivity index (χ1v) is 5.83. The minimum atomic E-state index is -1.05. The summed E-state index contributed by atoms with van der Waals surface area (Å²) in [5.74, 6) is -1.09. The van der Waals surface area contributed by atoms with Crippen molar-refractivity contribution in [3.05, 3.63) is 28.0 Å². The number of halogens is 2. The van der Waals surface area contributed by atoms with E-state index in [9.17, 15) is 9.18 Å². The van der Waals surface area contributed by atoms with Crippen LogP contribution >= 0.6 is 15.9 Å². The number of methoxy groups -OCH3 is 1. The molecule has 1 aromatic rings. The van der Waals surface area contributed by atoms with E-state index in [4.69, 9.17) is 9.84 Å². The molecule has 0 saturated heterocycles. The van der Waals surface area contributed by atoms with Crippen molar-refractivity contribution in [3.8, 4) is 5.75 Å². The van der Waals surface area contributed by atoms with Crippen LogP contribution in [0.2, 0.25) is 0 Å². The molecule has 0 saturated carbocycles. The highest BCUT2D eigenvalue weighted by Gasteiger charge is 2.30. The van der Waals surface area contributed by atoms with Crippen LogP contribution in [0.25, 0.3) is 0 Å². The van der Waals surface area contributed by atoms with E-state index in [-0.39, 0.29) is 12.0 Å². The summed E-state index contributed by atoms with van der Waals surface area (Å²) < 4.78 is 19.4. The fourth-order valence-corrected chi connectivity index (χ4v) is 2.01. The number of hydrogen-bond acceptors (Lipinski definition) is 2. The Kier molecular flexibility index (Phi) is 4.14. The summed E-state index contributed by atoms with van der Waals surface area (Å²) in [4.78, 5) is 11.0. The number of aliphatic carboxylic acids is 1. The molecule has 17 heavy (non-hydrogen) atoms. The maximum absolute atomic E-state index is 13.7. The molecule has 0 bridgehead atoms. The van der Waals surface area contributed by atoms with Gasteiger partial charge in [-0.3, -0.25) is 4.79 Å². The maximum Gasteiger partial charge on any atom is 0.309 e. The van der Waals surface area contributed by atoms with E-state index in [0.29, 0.717) is 10.2 Å². The zero-order chi connectivity index (χ0) is 13.2. The summed E-state index contributed by atoms with van der Waals surface area (Å²) >= 11 is 3.25. The van der Waals surface area contributed by atoms with Crippen LogP contribution in [-0.4, -0.2) is 18.2 Å². The summed E-state index contributed by atoms with van der Waals surface area (Å²) in [6.07, 6.45) is 0.0662. The number of hydrogen-bond donors (Lipinski definition) is 1. The first-order valence-electron chi connectivity index (χ1n) is 5.04. The first kappa shape index (κ1) is 14.0. The van der Waals surface area contributed by atoms with Gasteiger partial charge in [0.25, 0.3) is 0 Å². The van der Waals surface area contributed by atoms with E-state index in [2.05, 4.69) is 15.9 Å². The van der Waals surface area contributed by atoms with Crippen LogP contribution in [0.5, 0.6) is 5.75 Å². The molecule has 0 aliphatic heterocycles. The van der Waals surface area contributed by atoms with Gasteiger partial charge in [0.1, 0.15) is 11.6 Å². The highest BCUT2D eigenvalue weighted by molar-refractivity contribution is 9.10. The quantitative estimate of drug-likeness (QED) is 0.929. The molecule has 0 aliphatic rings. The molecule has 3 nitrogen and oxygen atoms in total. The molecule has 0 radical (unpaired) electrons. The fraction of sp³-hybridized carbons (Fsp3) is 0.417. The summed E-state index contributed by atoms with van der Waals surface area (Å²) in [5.41, 5.74) is -0.774.